The van der Waals surface area contributed by atoms with E-state index in [2.05, 4.69) is 64.7 Å². The topological polar surface area (TPSA) is 52.8 Å². The van der Waals surface area contributed by atoms with Crippen molar-refractivity contribution in [3.05, 3.63) is 83.8 Å². The van der Waals surface area contributed by atoms with Crippen LogP contribution in [0.2, 0.25) is 0 Å². The summed E-state index contributed by atoms with van der Waals surface area (Å²) in [6.45, 7) is 2.83. The molecule has 0 radical (unpaired) electrons. The second-order valence-corrected chi connectivity index (χ2v) is 9.65. The van der Waals surface area contributed by atoms with E-state index in [1.54, 1.807) is 0 Å². The molecule has 0 spiro atoms. The Balaban J connectivity index is 0.00000361. The highest BCUT2D eigenvalue weighted by Gasteiger charge is 2.15. The molecule has 3 aromatic rings. The van der Waals surface area contributed by atoms with Gasteiger partial charge in [-0.2, -0.15) is 0 Å². The second kappa shape index (κ2) is 15.3. The summed E-state index contributed by atoms with van der Waals surface area (Å²) in [4.78, 5) is 6.82. The number of benzene rings is 1. The van der Waals surface area contributed by atoms with Crippen molar-refractivity contribution in [1.82, 2.24) is 15.3 Å². The molecule has 1 aliphatic heterocycles. The Morgan fingerprint density at radius 3 is 2.33 bits per heavy atom. The molecule has 3 N–H and O–H groups in total. The van der Waals surface area contributed by atoms with Gasteiger partial charge in [0.1, 0.15) is 12.4 Å². The van der Waals surface area contributed by atoms with Gasteiger partial charge in [0.2, 0.25) is 0 Å². The van der Waals surface area contributed by atoms with E-state index in [1.807, 2.05) is 30.5 Å². The number of aromatic amines is 2. The Bertz CT molecular complexity index is 1050. The summed E-state index contributed by atoms with van der Waals surface area (Å²) in [5, 5.41) is 3.68. The smallest absolute Gasteiger partial charge is 0.145 e. The Kier molecular flexibility index (Phi) is 11.8. The largest absolute Gasteiger partial charge is 0.487 e. The van der Waals surface area contributed by atoms with Crippen molar-refractivity contribution >= 4 is 18.5 Å². The number of hydrogen-bond donors (Lipinski definition) is 3. The monoisotopic (exact) mass is 507 g/mol. The van der Waals surface area contributed by atoms with Crippen molar-refractivity contribution in [3.63, 3.8) is 0 Å². The molecule has 0 amide bonds. The molecule has 1 atom stereocenters. The van der Waals surface area contributed by atoms with E-state index in [-0.39, 0.29) is 12.4 Å². The predicted molar refractivity (Wildman–Crippen MR) is 154 cm³/mol. The van der Waals surface area contributed by atoms with Gasteiger partial charge in [0.15, 0.2) is 0 Å². The number of allylic oxidation sites excluding steroid dienone is 1. The summed E-state index contributed by atoms with van der Waals surface area (Å²) in [5.41, 5.74) is 5.36. The van der Waals surface area contributed by atoms with Crippen LogP contribution in [0.3, 0.4) is 0 Å². The summed E-state index contributed by atoms with van der Waals surface area (Å²) in [6, 6.07) is 16.9. The average molecular weight is 508 g/mol. The number of hydrogen-bond acceptors (Lipinski definition) is 2. The number of aromatic nitrogens is 2. The van der Waals surface area contributed by atoms with Gasteiger partial charge in [-0.3, -0.25) is 0 Å². The molecule has 0 fully saturated rings. The number of ether oxygens (including phenoxy) is 1. The standard InChI is InChI=1S/C31H41N3O.ClH/c1-2-3-4-5-6-7-8-9-13-17-26-19-20-27(33-26)22-30-31(35-24-25-15-11-10-12-16-25)23-29(34-30)28-18-14-21-32-28;/h10-12,14-16,18-23,26,32-34H,2-9,13,17,24H2,1H3;1H/b27-22-;. The lowest BCUT2D eigenvalue weighted by Crippen LogP contribution is -2.20. The summed E-state index contributed by atoms with van der Waals surface area (Å²) in [7, 11) is 0. The van der Waals surface area contributed by atoms with E-state index >= 15 is 0 Å². The average Bonchev–Trinajstić information content (AvgIpc) is 3.64. The van der Waals surface area contributed by atoms with Crippen molar-refractivity contribution in [3.8, 4) is 17.1 Å². The first-order valence-electron chi connectivity index (χ1n) is 13.5. The minimum absolute atomic E-state index is 0. The molecule has 0 saturated carbocycles. The Labute approximate surface area is 223 Å². The molecule has 5 heteroatoms. The van der Waals surface area contributed by atoms with Crippen molar-refractivity contribution < 1.29 is 4.74 Å². The van der Waals surface area contributed by atoms with Gasteiger partial charge in [-0.25, -0.2) is 0 Å². The third-order valence-electron chi connectivity index (χ3n) is 6.71. The molecule has 4 nitrogen and oxygen atoms in total. The van der Waals surface area contributed by atoms with Crippen LogP contribution in [0.15, 0.2) is 72.6 Å². The van der Waals surface area contributed by atoms with Gasteiger partial charge in [-0.15, -0.1) is 12.4 Å². The molecule has 3 heterocycles. The molecule has 194 valence electrons. The lowest BCUT2D eigenvalue weighted by Gasteiger charge is -2.11. The maximum absolute atomic E-state index is 6.23. The SMILES string of the molecule is CCCCCCCCCCCC1C=C/C(=C/c2[nH]c(-c3ccc[nH]3)cc2OCc2ccccc2)N1.Cl. The first-order chi connectivity index (χ1) is 17.3. The van der Waals surface area contributed by atoms with Crippen LogP contribution in [0.5, 0.6) is 5.75 Å². The van der Waals surface area contributed by atoms with Crippen LogP contribution in [0.25, 0.3) is 17.5 Å². The number of nitrogens with one attached hydrogen (secondary N) is 3. The molecule has 36 heavy (non-hydrogen) atoms. The highest BCUT2D eigenvalue weighted by Crippen LogP contribution is 2.29. The minimum atomic E-state index is 0. The third kappa shape index (κ3) is 8.67. The Morgan fingerprint density at radius 1 is 0.861 bits per heavy atom. The predicted octanol–water partition coefficient (Wildman–Crippen LogP) is 8.80. The lowest BCUT2D eigenvalue weighted by molar-refractivity contribution is 0.306. The van der Waals surface area contributed by atoms with Gasteiger partial charge in [0.25, 0.3) is 0 Å². The number of halogens is 1. The zero-order valence-electron chi connectivity index (χ0n) is 21.6. The number of H-pyrrole nitrogens is 2. The van der Waals surface area contributed by atoms with E-state index in [4.69, 9.17) is 4.74 Å². The zero-order valence-corrected chi connectivity index (χ0v) is 22.4. The van der Waals surface area contributed by atoms with Gasteiger partial charge in [-0.05, 0) is 36.3 Å². The van der Waals surface area contributed by atoms with Gasteiger partial charge < -0.3 is 20.0 Å². The van der Waals surface area contributed by atoms with Crippen molar-refractivity contribution in [2.24, 2.45) is 0 Å². The molecular formula is C31H42ClN3O. The quantitative estimate of drug-likeness (QED) is 0.180. The maximum Gasteiger partial charge on any atom is 0.145 e. The minimum Gasteiger partial charge on any atom is -0.487 e. The molecular weight excluding hydrogens is 466 g/mol. The van der Waals surface area contributed by atoms with E-state index in [0.717, 1.165) is 34.1 Å². The highest BCUT2D eigenvalue weighted by molar-refractivity contribution is 5.85. The molecule has 2 aromatic heterocycles. The van der Waals surface area contributed by atoms with Gasteiger partial charge in [0, 0.05) is 24.0 Å². The second-order valence-electron chi connectivity index (χ2n) is 9.65. The highest BCUT2D eigenvalue weighted by atomic mass is 35.5. The fourth-order valence-corrected chi connectivity index (χ4v) is 4.68. The van der Waals surface area contributed by atoms with Crippen LogP contribution in [0.4, 0.5) is 0 Å². The van der Waals surface area contributed by atoms with Crippen molar-refractivity contribution in [1.29, 1.82) is 0 Å². The lowest BCUT2D eigenvalue weighted by atomic mass is 10.0. The molecule has 1 aromatic carbocycles. The van der Waals surface area contributed by atoms with Gasteiger partial charge in [0.05, 0.1) is 17.1 Å². The molecule has 0 bridgehead atoms. The summed E-state index contributed by atoms with van der Waals surface area (Å²) in [5.74, 6) is 0.864. The molecule has 0 aliphatic carbocycles. The van der Waals surface area contributed by atoms with Crippen LogP contribution in [-0.4, -0.2) is 16.0 Å². The molecule has 1 aliphatic rings. The van der Waals surface area contributed by atoms with Gasteiger partial charge >= 0.3 is 0 Å². The van der Waals surface area contributed by atoms with E-state index < -0.39 is 0 Å². The van der Waals surface area contributed by atoms with Crippen LogP contribution >= 0.6 is 12.4 Å². The normalized spacial score (nSPS) is 15.7. The van der Waals surface area contributed by atoms with Crippen LogP contribution < -0.4 is 10.1 Å². The number of rotatable bonds is 15. The van der Waals surface area contributed by atoms with E-state index in [1.165, 1.54) is 64.2 Å². The van der Waals surface area contributed by atoms with E-state index in [9.17, 15) is 0 Å². The van der Waals surface area contributed by atoms with Crippen LogP contribution in [-0.2, 0) is 6.61 Å². The van der Waals surface area contributed by atoms with Crippen LogP contribution in [0.1, 0.15) is 82.4 Å². The third-order valence-corrected chi connectivity index (χ3v) is 6.71. The fourth-order valence-electron chi connectivity index (χ4n) is 4.68. The fraction of sp³-hybridized carbons (Fsp3) is 0.419. The molecule has 4 rings (SSSR count). The van der Waals surface area contributed by atoms with Crippen molar-refractivity contribution in [2.45, 2.75) is 83.8 Å². The van der Waals surface area contributed by atoms with Crippen molar-refractivity contribution in [2.75, 3.05) is 0 Å². The molecule has 0 saturated heterocycles. The molecule has 1 unspecified atom stereocenters. The van der Waals surface area contributed by atoms with E-state index in [0.29, 0.717) is 12.6 Å². The zero-order chi connectivity index (χ0) is 24.1. The van der Waals surface area contributed by atoms with Gasteiger partial charge in [-0.1, -0.05) is 101 Å². The summed E-state index contributed by atoms with van der Waals surface area (Å²) < 4.78 is 6.23. The van der Waals surface area contributed by atoms with Crippen LogP contribution in [0, 0.1) is 0 Å². The Morgan fingerprint density at radius 2 is 1.61 bits per heavy atom. The maximum atomic E-state index is 6.23. The first-order valence-corrected chi connectivity index (χ1v) is 13.5. The summed E-state index contributed by atoms with van der Waals surface area (Å²) >= 11 is 0. The number of unbranched alkanes of at least 4 members (excludes halogenated alkanes) is 8. The Hall–Kier alpha value is -2.85. The summed E-state index contributed by atoms with van der Waals surface area (Å²) in [6.07, 6.45) is 22.2. The first kappa shape index (κ1) is 27.7.